The normalized spacial score (nSPS) is 20.8. The number of hydrogen-bond donors (Lipinski definition) is 1. The number of imide groups is 2. The molecule has 120 valence electrons. The van der Waals surface area contributed by atoms with Crippen LogP contribution in [-0.2, 0) is 9.59 Å². The third-order valence-electron chi connectivity index (χ3n) is 3.79. The first-order valence-electron chi connectivity index (χ1n) is 7.41. The third kappa shape index (κ3) is 2.48. The molecular formula is C16H16N2O5. The Morgan fingerprint density at radius 2 is 1.91 bits per heavy atom. The van der Waals surface area contributed by atoms with Gasteiger partial charge in [-0.3, -0.25) is 29.4 Å². The molecule has 1 saturated heterocycles. The topological polar surface area (TPSA) is 92.8 Å². The van der Waals surface area contributed by atoms with E-state index in [9.17, 15) is 19.2 Å². The van der Waals surface area contributed by atoms with Crippen molar-refractivity contribution in [1.82, 2.24) is 10.2 Å². The Bertz CT molecular complexity index is 725. The van der Waals surface area contributed by atoms with Gasteiger partial charge in [-0.15, -0.1) is 0 Å². The van der Waals surface area contributed by atoms with Crippen LogP contribution in [0, 0.1) is 0 Å². The number of ether oxygens (including phenoxy) is 1. The molecule has 0 spiro atoms. The van der Waals surface area contributed by atoms with Crippen molar-refractivity contribution in [1.29, 1.82) is 0 Å². The van der Waals surface area contributed by atoms with Crippen molar-refractivity contribution in [3.63, 3.8) is 0 Å². The van der Waals surface area contributed by atoms with Crippen LogP contribution in [0.5, 0.6) is 5.75 Å². The summed E-state index contributed by atoms with van der Waals surface area (Å²) >= 11 is 0. The molecular weight excluding hydrogens is 300 g/mol. The van der Waals surface area contributed by atoms with Crippen molar-refractivity contribution in [3.8, 4) is 5.75 Å². The molecule has 0 aliphatic carbocycles. The van der Waals surface area contributed by atoms with Crippen LogP contribution in [-0.4, -0.2) is 40.7 Å². The van der Waals surface area contributed by atoms with Gasteiger partial charge in [0.15, 0.2) is 0 Å². The molecule has 7 nitrogen and oxygen atoms in total. The van der Waals surface area contributed by atoms with Crippen molar-refractivity contribution in [2.45, 2.75) is 38.8 Å². The first-order valence-corrected chi connectivity index (χ1v) is 7.41. The second-order valence-corrected chi connectivity index (χ2v) is 5.79. The quantitative estimate of drug-likeness (QED) is 0.836. The van der Waals surface area contributed by atoms with Gasteiger partial charge in [0.25, 0.3) is 11.8 Å². The van der Waals surface area contributed by atoms with Gasteiger partial charge in [0.05, 0.1) is 17.2 Å². The Morgan fingerprint density at radius 3 is 2.57 bits per heavy atom. The van der Waals surface area contributed by atoms with E-state index in [-0.39, 0.29) is 30.1 Å². The molecule has 0 radical (unpaired) electrons. The lowest BCUT2D eigenvalue weighted by molar-refractivity contribution is -0.136. The second-order valence-electron chi connectivity index (χ2n) is 5.79. The van der Waals surface area contributed by atoms with E-state index >= 15 is 0 Å². The van der Waals surface area contributed by atoms with Gasteiger partial charge in [0, 0.05) is 6.42 Å². The molecule has 0 saturated carbocycles. The zero-order valence-electron chi connectivity index (χ0n) is 12.8. The molecule has 3 rings (SSSR count). The summed E-state index contributed by atoms with van der Waals surface area (Å²) in [5.41, 5.74) is 0.397. The maximum atomic E-state index is 12.7. The van der Waals surface area contributed by atoms with E-state index in [1.165, 1.54) is 6.07 Å². The minimum Gasteiger partial charge on any atom is -0.490 e. The highest BCUT2D eigenvalue weighted by Crippen LogP contribution is 2.33. The lowest BCUT2D eigenvalue weighted by Gasteiger charge is -2.27. The second kappa shape index (κ2) is 5.49. The fourth-order valence-corrected chi connectivity index (χ4v) is 2.84. The van der Waals surface area contributed by atoms with Crippen LogP contribution in [0.3, 0.4) is 0 Å². The van der Waals surface area contributed by atoms with E-state index in [0.717, 1.165) is 4.90 Å². The summed E-state index contributed by atoms with van der Waals surface area (Å²) in [6.45, 7) is 3.64. The molecule has 1 fully saturated rings. The van der Waals surface area contributed by atoms with Crippen LogP contribution in [0.15, 0.2) is 18.2 Å². The predicted molar refractivity (Wildman–Crippen MR) is 78.9 cm³/mol. The average molecular weight is 316 g/mol. The number of hydrogen-bond acceptors (Lipinski definition) is 5. The van der Waals surface area contributed by atoms with Gasteiger partial charge in [0.2, 0.25) is 11.8 Å². The average Bonchev–Trinajstić information content (AvgIpc) is 2.72. The zero-order chi connectivity index (χ0) is 16.7. The van der Waals surface area contributed by atoms with Crippen LogP contribution in [0.2, 0.25) is 0 Å². The molecule has 0 bridgehead atoms. The molecule has 1 aromatic carbocycles. The Morgan fingerprint density at radius 1 is 1.17 bits per heavy atom. The van der Waals surface area contributed by atoms with E-state index < -0.39 is 29.7 Å². The largest absolute Gasteiger partial charge is 0.490 e. The summed E-state index contributed by atoms with van der Waals surface area (Å²) in [5.74, 6) is -1.79. The Kier molecular flexibility index (Phi) is 3.63. The number of carbonyl (C=O) groups is 4. The van der Waals surface area contributed by atoms with Gasteiger partial charge in [-0.05, 0) is 32.4 Å². The third-order valence-corrected chi connectivity index (χ3v) is 3.79. The molecule has 1 unspecified atom stereocenters. The SMILES string of the molecule is CC(C)Oc1cccc2c1C(=O)N(C1CCC(=O)NC1=O)C2=O. The van der Waals surface area contributed by atoms with E-state index in [4.69, 9.17) is 4.74 Å². The van der Waals surface area contributed by atoms with Crippen molar-refractivity contribution < 1.29 is 23.9 Å². The van der Waals surface area contributed by atoms with E-state index in [0.29, 0.717) is 5.75 Å². The summed E-state index contributed by atoms with van der Waals surface area (Å²) in [6, 6.07) is 3.83. The lowest BCUT2D eigenvalue weighted by Crippen LogP contribution is -2.54. The van der Waals surface area contributed by atoms with E-state index in [1.54, 1.807) is 12.1 Å². The molecule has 2 aliphatic rings. The predicted octanol–water partition coefficient (Wildman–Crippen LogP) is 0.875. The smallest absolute Gasteiger partial charge is 0.266 e. The minimum absolute atomic E-state index is 0.0964. The number of carbonyl (C=O) groups excluding carboxylic acids is 4. The van der Waals surface area contributed by atoms with Gasteiger partial charge in [-0.1, -0.05) is 6.07 Å². The number of rotatable bonds is 3. The number of nitrogens with one attached hydrogen (secondary N) is 1. The van der Waals surface area contributed by atoms with Crippen LogP contribution < -0.4 is 10.1 Å². The highest BCUT2D eigenvalue weighted by atomic mass is 16.5. The van der Waals surface area contributed by atoms with Crippen molar-refractivity contribution in [3.05, 3.63) is 29.3 Å². The minimum atomic E-state index is -0.966. The fraction of sp³-hybridized carbons (Fsp3) is 0.375. The molecule has 1 aromatic rings. The van der Waals surface area contributed by atoms with E-state index in [1.807, 2.05) is 13.8 Å². The van der Waals surface area contributed by atoms with E-state index in [2.05, 4.69) is 5.32 Å². The molecule has 1 N–H and O–H groups in total. The number of amides is 4. The molecule has 2 heterocycles. The first-order chi connectivity index (χ1) is 10.9. The van der Waals surface area contributed by atoms with Crippen LogP contribution in [0.4, 0.5) is 0 Å². The molecule has 2 aliphatic heterocycles. The van der Waals surface area contributed by atoms with Crippen molar-refractivity contribution >= 4 is 23.6 Å². The van der Waals surface area contributed by atoms with Crippen molar-refractivity contribution in [2.24, 2.45) is 0 Å². The van der Waals surface area contributed by atoms with Crippen LogP contribution in [0.1, 0.15) is 47.4 Å². The number of fused-ring (bicyclic) bond motifs is 1. The summed E-state index contributed by atoms with van der Waals surface area (Å²) in [7, 11) is 0. The Labute approximate surface area is 132 Å². The van der Waals surface area contributed by atoms with Crippen LogP contribution in [0.25, 0.3) is 0 Å². The number of piperidine rings is 1. The highest BCUT2D eigenvalue weighted by Gasteiger charge is 2.45. The van der Waals surface area contributed by atoms with Crippen LogP contribution >= 0.6 is 0 Å². The summed E-state index contributed by atoms with van der Waals surface area (Å²) < 4.78 is 5.60. The fourth-order valence-electron chi connectivity index (χ4n) is 2.84. The van der Waals surface area contributed by atoms with Crippen molar-refractivity contribution in [2.75, 3.05) is 0 Å². The van der Waals surface area contributed by atoms with Gasteiger partial charge >= 0.3 is 0 Å². The molecule has 0 aromatic heterocycles. The van der Waals surface area contributed by atoms with Gasteiger partial charge in [-0.2, -0.15) is 0 Å². The Hall–Kier alpha value is -2.70. The van der Waals surface area contributed by atoms with Gasteiger partial charge in [-0.25, -0.2) is 0 Å². The maximum Gasteiger partial charge on any atom is 0.266 e. The maximum absolute atomic E-state index is 12.7. The molecule has 4 amide bonds. The number of benzene rings is 1. The van der Waals surface area contributed by atoms with Gasteiger partial charge < -0.3 is 4.74 Å². The molecule has 1 atom stereocenters. The highest BCUT2D eigenvalue weighted by molar-refractivity contribution is 6.24. The summed E-state index contributed by atoms with van der Waals surface area (Å²) in [6.07, 6.45) is 0.0735. The standard InChI is InChI=1S/C16H16N2O5/c1-8(2)23-11-5-3-4-9-13(11)16(22)18(15(9)21)10-6-7-12(19)17-14(10)20/h3-5,8,10H,6-7H2,1-2H3,(H,17,19,20). The molecule has 23 heavy (non-hydrogen) atoms. The lowest BCUT2D eigenvalue weighted by atomic mass is 10.0. The first kappa shape index (κ1) is 15.2. The van der Waals surface area contributed by atoms with Gasteiger partial charge in [0.1, 0.15) is 11.8 Å². The zero-order valence-corrected chi connectivity index (χ0v) is 12.8. The monoisotopic (exact) mass is 316 g/mol. The number of nitrogens with zero attached hydrogens (tertiary/aromatic N) is 1. The Balaban J connectivity index is 1.98. The molecule has 7 heteroatoms. The summed E-state index contributed by atoms with van der Waals surface area (Å²) in [5, 5.41) is 2.17. The summed E-state index contributed by atoms with van der Waals surface area (Å²) in [4.78, 5) is 49.4.